The van der Waals surface area contributed by atoms with E-state index in [-0.39, 0.29) is 41.5 Å². The maximum Gasteiger partial charge on any atom is 0.303 e. The quantitative estimate of drug-likeness (QED) is 0.129. The maximum atomic E-state index is 16.0. The Morgan fingerprint density at radius 1 is 1.00 bits per heavy atom. The molecule has 2 heterocycles. The number of carboxylic acids is 1. The lowest BCUT2D eigenvalue weighted by atomic mass is 10.1. The van der Waals surface area contributed by atoms with E-state index in [1.807, 2.05) is 18.0 Å². The second-order valence-corrected chi connectivity index (χ2v) is 9.74. The van der Waals surface area contributed by atoms with Gasteiger partial charge in [-0.25, -0.2) is 0 Å². The summed E-state index contributed by atoms with van der Waals surface area (Å²) in [6.45, 7) is 1.36. The van der Waals surface area contributed by atoms with Gasteiger partial charge in [0, 0.05) is 31.1 Å². The molecular weight excluding hydrogens is 576 g/mol. The summed E-state index contributed by atoms with van der Waals surface area (Å²) in [6, 6.07) is 16.6. The highest BCUT2D eigenvalue weighted by molar-refractivity contribution is 6.00. The molecule has 0 saturated carbocycles. The molecule has 0 atom stereocenters. The molecule has 0 fully saturated rings. The molecule has 1 aliphatic heterocycles. The average Bonchev–Trinajstić information content (AvgIpc) is 3.44. The Balaban J connectivity index is 1.58. The van der Waals surface area contributed by atoms with Gasteiger partial charge in [-0.05, 0) is 48.4 Å². The van der Waals surface area contributed by atoms with Crippen molar-refractivity contribution in [3.63, 3.8) is 0 Å². The van der Waals surface area contributed by atoms with Crippen LogP contribution >= 0.6 is 0 Å². The number of aryl methyl sites for hydroxylation is 1. The van der Waals surface area contributed by atoms with Gasteiger partial charge in [0.05, 0.1) is 6.54 Å². The first kappa shape index (κ1) is 29.8. The Morgan fingerprint density at radius 3 is 2.45 bits per heavy atom. The van der Waals surface area contributed by atoms with Gasteiger partial charge in [0.25, 0.3) is 11.8 Å². The number of aliphatic imine (C=N–C) groups is 1. The molecule has 0 spiro atoms. The van der Waals surface area contributed by atoms with Gasteiger partial charge in [0.2, 0.25) is 17.4 Å². The number of aromatic nitrogens is 1. The summed E-state index contributed by atoms with van der Waals surface area (Å²) in [7, 11) is 1.89. The van der Waals surface area contributed by atoms with Crippen LogP contribution in [0.2, 0.25) is 0 Å². The minimum absolute atomic E-state index is 0.000328. The van der Waals surface area contributed by atoms with Crippen molar-refractivity contribution in [2.75, 3.05) is 20.1 Å². The number of rotatable bonds is 11. The molecule has 1 aliphatic rings. The zero-order chi connectivity index (χ0) is 31.4. The van der Waals surface area contributed by atoms with E-state index in [1.165, 1.54) is 24.3 Å². The number of halogens is 2. The molecular formula is C31H27F2N5O6. The van der Waals surface area contributed by atoms with Crippen LogP contribution in [0.1, 0.15) is 23.1 Å². The van der Waals surface area contributed by atoms with E-state index in [2.05, 4.69) is 9.98 Å². The van der Waals surface area contributed by atoms with Crippen molar-refractivity contribution in [2.24, 2.45) is 10.7 Å². The molecule has 226 valence electrons. The third-order valence-electron chi connectivity index (χ3n) is 6.61. The van der Waals surface area contributed by atoms with Gasteiger partial charge in [-0.1, -0.05) is 30.3 Å². The van der Waals surface area contributed by atoms with Crippen LogP contribution in [0.3, 0.4) is 0 Å². The summed E-state index contributed by atoms with van der Waals surface area (Å²) in [5, 5.41) is 27.1. The lowest BCUT2D eigenvalue weighted by Crippen LogP contribution is -2.23. The molecule has 5 rings (SSSR count). The number of nitrogens with one attached hydrogen (secondary N) is 1. The van der Waals surface area contributed by atoms with Crippen molar-refractivity contribution in [3.05, 3.63) is 95.1 Å². The molecule has 0 saturated heterocycles. The van der Waals surface area contributed by atoms with E-state index < -0.39 is 40.9 Å². The van der Waals surface area contributed by atoms with Crippen molar-refractivity contribution in [2.45, 2.75) is 12.8 Å². The normalized spacial score (nSPS) is 12.5. The van der Waals surface area contributed by atoms with Crippen molar-refractivity contribution >= 4 is 17.6 Å². The minimum atomic E-state index is -1.37. The number of nitrogens with two attached hydrogens (primary N) is 1. The fourth-order valence-corrected chi connectivity index (χ4v) is 4.39. The first-order chi connectivity index (χ1) is 21.1. The van der Waals surface area contributed by atoms with Gasteiger partial charge < -0.3 is 35.1 Å². The molecule has 0 aliphatic carbocycles. The van der Waals surface area contributed by atoms with E-state index >= 15 is 8.78 Å². The highest BCUT2D eigenvalue weighted by atomic mass is 19.1. The number of nitrogen functional groups attached to an aromatic ring is 1. The summed E-state index contributed by atoms with van der Waals surface area (Å²) < 4.78 is 48.9. The standard InChI is InChI=1S/C31H27F2N5O6/c1-38-14-13-36-29(38)19-6-4-7-20(15-19)42-30-25(32)27(43-22-8-3-2-5-17(22)10-12-24(40)41)26(33)31(37-30)44-23-16-18(28(34)35)9-11-21(23)39/h2-9,11,15-16,39H,10,12-14H2,1H3,(H3,34,35)(H,40,41). The Hall–Kier alpha value is -5.72. The average molecular weight is 604 g/mol. The molecule has 11 nitrogen and oxygen atoms in total. The van der Waals surface area contributed by atoms with Crippen LogP contribution in [-0.4, -0.2) is 57.9 Å². The van der Waals surface area contributed by atoms with Crippen molar-refractivity contribution in [1.82, 2.24) is 9.88 Å². The predicted octanol–water partition coefficient (Wildman–Crippen LogP) is 5.44. The van der Waals surface area contributed by atoms with E-state index in [9.17, 15) is 9.90 Å². The second kappa shape index (κ2) is 12.7. The first-order valence-electron chi connectivity index (χ1n) is 13.4. The molecule has 0 bridgehead atoms. The van der Waals surface area contributed by atoms with Crippen LogP contribution < -0.4 is 19.9 Å². The third-order valence-corrected chi connectivity index (χ3v) is 6.61. The summed E-state index contributed by atoms with van der Waals surface area (Å²) in [5.41, 5.74) is 6.79. The molecule has 44 heavy (non-hydrogen) atoms. The van der Waals surface area contributed by atoms with Gasteiger partial charge >= 0.3 is 5.97 Å². The van der Waals surface area contributed by atoms with Gasteiger partial charge in [-0.2, -0.15) is 13.8 Å². The zero-order valence-corrected chi connectivity index (χ0v) is 23.4. The van der Waals surface area contributed by atoms with Crippen LogP contribution in [0.5, 0.6) is 40.5 Å². The number of phenolic OH excluding ortho intramolecular Hbond substituents is 1. The molecule has 5 N–H and O–H groups in total. The Morgan fingerprint density at radius 2 is 1.75 bits per heavy atom. The number of aromatic hydroxyl groups is 1. The number of aliphatic carboxylic acids is 1. The number of likely N-dealkylation sites (N-methyl/N-ethyl adjacent to an activating group) is 1. The van der Waals surface area contributed by atoms with Gasteiger partial charge in [0.15, 0.2) is 11.5 Å². The molecule has 3 aromatic carbocycles. The Labute approximate surface area is 250 Å². The summed E-state index contributed by atoms with van der Waals surface area (Å²) in [4.78, 5) is 21.5. The number of hydrogen-bond acceptors (Lipinski definition) is 9. The zero-order valence-electron chi connectivity index (χ0n) is 23.4. The number of carboxylic acid groups (broad SMARTS) is 1. The number of para-hydroxylation sites is 1. The number of ether oxygens (including phenoxy) is 3. The summed E-state index contributed by atoms with van der Waals surface area (Å²) in [5.74, 6) is -6.41. The summed E-state index contributed by atoms with van der Waals surface area (Å²) in [6.07, 6.45) is -0.212. The predicted molar refractivity (Wildman–Crippen MR) is 156 cm³/mol. The number of amidine groups is 2. The number of carbonyl (C=O) groups is 1. The fourth-order valence-electron chi connectivity index (χ4n) is 4.39. The number of pyridine rings is 1. The summed E-state index contributed by atoms with van der Waals surface area (Å²) >= 11 is 0. The van der Waals surface area contributed by atoms with Gasteiger partial charge in [-0.3, -0.25) is 15.2 Å². The van der Waals surface area contributed by atoms with E-state index in [0.29, 0.717) is 17.7 Å². The lowest BCUT2D eigenvalue weighted by Gasteiger charge is -2.17. The van der Waals surface area contributed by atoms with E-state index in [0.717, 1.165) is 12.4 Å². The highest BCUT2D eigenvalue weighted by Gasteiger charge is 2.27. The molecule has 0 unspecified atom stereocenters. The number of nitrogens with zero attached hydrogens (tertiary/aromatic N) is 3. The molecule has 0 radical (unpaired) electrons. The smallest absolute Gasteiger partial charge is 0.303 e. The number of benzene rings is 3. The van der Waals surface area contributed by atoms with Crippen LogP contribution in [0.25, 0.3) is 0 Å². The first-order valence-corrected chi connectivity index (χ1v) is 13.4. The largest absolute Gasteiger partial charge is 0.504 e. The van der Waals surface area contributed by atoms with E-state index in [1.54, 1.807) is 36.4 Å². The van der Waals surface area contributed by atoms with Crippen molar-refractivity contribution in [3.8, 4) is 40.5 Å². The van der Waals surface area contributed by atoms with Crippen LogP contribution in [-0.2, 0) is 11.2 Å². The molecule has 4 aromatic rings. The van der Waals surface area contributed by atoms with Crippen LogP contribution in [0.15, 0.2) is 71.7 Å². The fraction of sp³-hybridized carbons (Fsp3) is 0.161. The monoisotopic (exact) mass is 603 g/mol. The van der Waals surface area contributed by atoms with Gasteiger partial charge in [-0.15, -0.1) is 0 Å². The van der Waals surface area contributed by atoms with Crippen LogP contribution in [0.4, 0.5) is 8.78 Å². The SMILES string of the molecule is CN1CCN=C1c1cccc(Oc2nc(Oc3cc(C(=N)N)ccc3O)c(F)c(Oc3ccccc3CCC(=O)O)c2F)c1. The second-order valence-electron chi connectivity index (χ2n) is 9.74. The van der Waals surface area contributed by atoms with E-state index in [4.69, 9.17) is 30.5 Å². The molecule has 1 aromatic heterocycles. The number of phenols is 1. The van der Waals surface area contributed by atoms with Crippen LogP contribution in [0, 0.1) is 17.0 Å². The third kappa shape index (κ3) is 6.51. The maximum absolute atomic E-state index is 16.0. The Bertz CT molecular complexity index is 1780. The van der Waals surface area contributed by atoms with Gasteiger partial charge in [0.1, 0.15) is 23.2 Å². The number of hydrogen-bond donors (Lipinski definition) is 4. The lowest BCUT2D eigenvalue weighted by molar-refractivity contribution is -0.136. The van der Waals surface area contributed by atoms with Crippen molar-refractivity contribution in [1.29, 1.82) is 5.41 Å². The Kier molecular flexibility index (Phi) is 8.56. The molecule has 13 heteroatoms. The highest BCUT2D eigenvalue weighted by Crippen LogP contribution is 2.41. The minimum Gasteiger partial charge on any atom is -0.504 e. The van der Waals surface area contributed by atoms with Crippen molar-refractivity contribution < 1.29 is 38.0 Å². The molecule has 0 amide bonds. The topological polar surface area (TPSA) is 164 Å².